The second-order valence-corrected chi connectivity index (χ2v) is 6.20. The van der Waals surface area contributed by atoms with Gasteiger partial charge in [0.15, 0.2) is 0 Å². The van der Waals surface area contributed by atoms with Crippen molar-refractivity contribution in [1.82, 2.24) is 16.0 Å². The van der Waals surface area contributed by atoms with Gasteiger partial charge in [-0.05, 0) is 0 Å². The van der Waals surface area contributed by atoms with Crippen molar-refractivity contribution in [3.63, 3.8) is 0 Å². The third kappa shape index (κ3) is 9.72. The lowest BCUT2D eigenvalue weighted by Crippen LogP contribution is -2.58. The van der Waals surface area contributed by atoms with Crippen molar-refractivity contribution in [2.24, 2.45) is 17.2 Å². The van der Waals surface area contributed by atoms with Gasteiger partial charge in [-0.2, -0.15) is 12.6 Å². The predicted octanol–water partition coefficient (Wildman–Crippen LogP) is -5.47. The van der Waals surface area contributed by atoms with Gasteiger partial charge in [0.1, 0.15) is 18.1 Å². The number of aliphatic hydroxyl groups is 1. The van der Waals surface area contributed by atoms with Crippen LogP contribution in [0.4, 0.5) is 0 Å². The van der Waals surface area contributed by atoms with Crippen molar-refractivity contribution in [2.75, 3.05) is 12.4 Å². The second kappa shape index (κ2) is 12.5. The topological polar surface area (TPSA) is 257 Å². The lowest BCUT2D eigenvalue weighted by Gasteiger charge is -2.23. The smallest absolute Gasteiger partial charge is 0.328 e. The predicted molar refractivity (Wildman–Crippen MR) is 100.0 cm³/mol. The molecule has 11 N–H and O–H groups in total. The Labute approximate surface area is 170 Å². The first-order chi connectivity index (χ1) is 13.4. The van der Waals surface area contributed by atoms with Crippen LogP contribution in [0.2, 0.25) is 0 Å². The molecule has 0 aliphatic heterocycles. The SMILES string of the molecule is NC(=O)CC(N)C(=O)NC(CC(N)=O)C(=O)NC(CS)C(=O)NC(CO)C(=O)O. The average molecular weight is 436 g/mol. The molecule has 0 spiro atoms. The molecule has 0 aromatic carbocycles. The molecule has 0 heterocycles. The Bertz CT molecular complexity index is 660. The van der Waals surface area contributed by atoms with E-state index in [-0.39, 0.29) is 5.75 Å². The Morgan fingerprint density at radius 1 is 0.793 bits per heavy atom. The standard InChI is InChI=1S/C14H24N6O8S/c15-5(1-9(16)22)11(24)18-6(2-10(17)23)12(25)20-8(4-29)13(26)19-7(3-21)14(27)28/h5-8,21,29H,1-4,15H2,(H2,16,22)(H2,17,23)(H,18,24)(H,19,26)(H,20,25)(H,27,28). The van der Waals surface area contributed by atoms with E-state index in [1.807, 2.05) is 5.32 Å². The van der Waals surface area contributed by atoms with Crippen molar-refractivity contribution in [3.8, 4) is 0 Å². The minimum Gasteiger partial charge on any atom is -0.480 e. The Morgan fingerprint density at radius 2 is 1.24 bits per heavy atom. The van der Waals surface area contributed by atoms with Gasteiger partial charge in [-0.1, -0.05) is 0 Å². The quantitative estimate of drug-likeness (QED) is 0.125. The number of nitrogens with two attached hydrogens (primary N) is 3. The molecule has 15 heteroatoms. The molecule has 0 rings (SSSR count). The molecule has 164 valence electrons. The number of carbonyl (C=O) groups is 6. The van der Waals surface area contributed by atoms with Gasteiger partial charge in [-0.25, -0.2) is 4.79 Å². The number of carboxylic acid groups (broad SMARTS) is 1. The maximum absolute atomic E-state index is 12.4. The van der Waals surface area contributed by atoms with Crippen molar-refractivity contribution in [2.45, 2.75) is 37.0 Å². The number of carboxylic acids is 1. The third-order valence-corrected chi connectivity index (χ3v) is 3.77. The van der Waals surface area contributed by atoms with E-state index in [1.165, 1.54) is 0 Å². The number of carbonyl (C=O) groups excluding carboxylic acids is 5. The van der Waals surface area contributed by atoms with E-state index < -0.39 is 79.1 Å². The van der Waals surface area contributed by atoms with Crippen LogP contribution in [0.3, 0.4) is 0 Å². The molecule has 0 radical (unpaired) electrons. The highest BCUT2D eigenvalue weighted by molar-refractivity contribution is 7.80. The number of hydrogen-bond acceptors (Lipinski definition) is 9. The van der Waals surface area contributed by atoms with Gasteiger partial charge in [0.2, 0.25) is 29.5 Å². The van der Waals surface area contributed by atoms with Crippen LogP contribution in [0.15, 0.2) is 0 Å². The van der Waals surface area contributed by atoms with E-state index in [1.54, 1.807) is 0 Å². The summed E-state index contributed by atoms with van der Waals surface area (Å²) in [4.78, 5) is 69.3. The lowest BCUT2D eigenvalue weighted by atomic mass is 10.1. The highest BCUT2D eigenvalue weighted by Crippen LogP contribution is 1.99. The number of thiol groups is 1. The molecule has 0 fully saturated rings. The van der Waals surface area contributed by atoms with E-state index in [9.17, 15) is 28.8 Å². The molecule has 0 saturated carbocycles. The fraction of sp³-hybridized carbons (Fsp3) is 0.571. The van der Waals surface area contributed by atoms with Gasteiger partial charge < -0.3 is 43.4 Å². The summed E-state index contributed by atoms with van der Waals surface area (Å²) >= 11 is 3.88. The van der Waals surface area contributed by atoms with Crippen LogP contribution in [0, 0.1) is 0 Å². The highest BCUT2D eigenvalue weighted by Gasteiger charge is 2.30. The largest absolute Gasteiger partial charge is 0.480 e. The summed E-state index contributed by atoms with van der Waals surface area (Å²) in [6.07, 6.45) is -1.17. The number of primary amides is 2. The molecule has 0 aromatic rings. The number of nitrogens with one attached hydrogen (secondary N) is 3. The Balaban J connectivity index is 5.20. The number of aliphatic hydroxyl groups excluding tert-OH is 1. The minimum absolute atomic E-state index is 0.284. The molecule has 4 unspecified atom stereocenters. The van der Waals surface area contributed by atoms with Gasteiger partial charge in [0.05, 0.1) is 25.5 Å². The molecule has 4 atom stereocenters. The number of aliphatic carboxylic acids is 1. The summed E-state index contributed by atoms with van der Waals surface area (Å²) in [6, 6.07) is -5.91. The molecular weight excluding hydrogens is 412 g/mol. The van der Waals surface area contributed by atoms with Crippen LogP contribution in [0.1, 0.15) is 12.8 Å². The zero-order valence-corrected chi connectivity index (χ0v) is 16.1. The Morgan fingerprint density at radius 3 is 1.66 bits per heavy atom. The van der Waals surface area contributed by atoms with Crippen LogP contribution in [-0.4, -0.2) is 82.2 Å². The average Bonchev–Trinajstić information content (AvgIpc) is 2.61. The molecule has 0 aliphatic rings. The Kier molecular flexibility index (Phi) is 11.3. The van der Waals surface area contributed by atoms with E-state index >= 15 is 0 Å². The molecule has 0 aliphatic carbocycles. The molecule has 14 nitrogen and oxygen atoms in total. The lowest BCUT2D eigenvalue weighted by molar-refractivity contribution is -0.143. The second-order valence-electron chi connectivity index (χ2n) is 5.83. The summed E-state index contributed by atoms with van der Waals surface area (Å²) in [5, 5.41) is 24.0. The van der Waals surface area contributed by atoms with E-state index in [2.05, 4.69) is 23.3 Å². The van der Waals surface area contributed by atoms with Gasteiger partial charge >= 0.3 is 5.97 Å². The van der Waals surface area contributed by atoms with E-state index in [0.29, 0.717) is 0 Å². The zero-order chi connectivity index (χ0) is 22.7. The first-order valence-corrected chi connectivity index (χ1v) is 8.73. The van der Waals surface area contributed by atoms with E-state index in [4.69, 9.17) is 27.4 Å². The zero-order valence-electron chi connectivity index (χ0n) is 15.2. The summed E-state index contributed by atoms with van der Waals surface area (Å²) < 4.78 is 0. The third-order valence-electron chi connectivity index (χ3n) is 3.41. The molecular formula is C14H24N6O8S. The fourth-order valence-electron chi connectivity index (χ4n) is 1.92. The minimum atomic E-state index is -1.62. The van der Waals surface area contributed by atoms with Crippen molar-refractivity contribution >= 4 is 48.1 Å². The fourth-order valence-corrected chi connectivity index (χ4v) is 2.18. The summed E-state index contributed by atoms with van der Waals surface area (Å²) in [7, 11) is 0. The van der Waals surface area contributed by atoms with Crippen molar-refractivity contribution in [1.29, 1.82) is 0 Å². The number of hydrogen-bond donors (Lipinski definition) is 9. The normalized spacial score (nSPS) is 14.6. The van der Waals surface area contributed by atoms with E-state index in [0.717, 1.165) is 0 Å². The van der Waals surface area contributed by atoms with Crippen molar-refractivity contribution in [3.05, 3.63) is 0 Å². The maximum Gasteiger partial charge on any atom is 0.328 e. The van der Waals surface area contributed by atoms with Crippen molar-refractivity contribution < 1.29 is 39.0 Å². The van der Waals surface area contributed by atoms with Gasteiger partial charge in [-0.3, -0.25) is 24.0 Å². The van der Waals surface area contributed by atoms with Crippen LogP contribution >= 0.6 is 12.6 Å². The van der Waals surface area contributed by atoms with Gasteiger partial charge in [-0.15, -0.1) is 0 Å². The molecule has 0 bridgehead atoms. The van der Waals surface area contributed by atoms with Gasteiger partial charge in [0.25, 0.3) is 0 Å². The summed E-state index contributed by atoms with van der Waals surface area (Å²) in [5.41, 5.74) is 15.4. The monoisotopic (exact) mass is 436 g/mol. The molecule has 5 amide bonds. The Hall–Kier alpha value is -2.91. The number of rotatable bonds is 13. The first kappa shape index (κ1) is 26.1. The number of amides is 5. The van der Waals surface area contributed by atoms with Crippen LogP contribution in [-0.2, 0) is 28.8 Å². The first-order valence-electron chi connectivity index (χ1n) is 8.10. The van der Waals surface area contributed by atoms with Crippen LogP contribution < -0.4 is 33.2 Å². The molecule has 0 saturated heterocycles. The summed E-state index contributed by atoms with van der Waals surface area (Å²) in [6.45, 7) is -0.896. The highest BCUT2D eigenvalue weighted by atomic mass is 32.1. The molecule has 29 heavy (non-hydrogen) atoms. The maximum atomic E-state index is 12.4. The van der Waals surface area contributed by atoms with Crippen LogP contribution in [0.25, 0.3) is 0 Å². The molecule has 0 aromatic heterocycles. The summed E-state index contributed by atoms with van der Waals surface area (Å²) in [5.74, 6) is -6.60. The van der Waals surface area contributed by atoms with Gasteiger partial charge in [0, 0.05) is 5.75 Å². The van der Waals surface area contributed by atoms with Crippen LogP contribution in [0.5, 0.6) is 0 Å².